The van der Waals surface area contributed by atoms with Crippen molar-refractivity contribution in [1.82, 2.24) is 0 Å². The van der Waals surface area contributed by atoms with E-state index in [1.807, 2.05) is 0 Å². The van der Waals surface area contributed by atoms with E-state index >= 15 is 0 Å². The van der Waals surface area contributed by atoms with Crippen LogP contribution in [0.15, 0.2) is 0 Å². The number of esters is 1. The van der Waals surface area contributed by atoms with Gasteiger partial charge in [-0.15, -0.1) is 0 Å². The minimum Gasteiger partial charge on any atom is -0.459 e. The Morgan fingerprint density at radius 3 is 1.50 bits per heavy atom. The lowest BCUT2D eigenvalue weighted by molar-refractivity contribution is -0.328. The highest BCUT2D eigenvalue weighted by Crippen LogP contribution is 2.51. The zero-order chi connectivity index (χ0) is 15.0. The first-order valence-corrected chi connectivity index (χ1v) is 5.06. The molecule has 0 spiro atoms. The van der Waals surface area contributed by atoms with E-state index in [4.69, 9.17) is 0 Å². The van der Waals surface area contributed by atoms with Gasteiger partial charge in [0, 0.05) is 0 Å². The van der Waals surface area contributed by atoms with Crippen molar-refractivity contribution in [3.05, 3.63) is 0 Å². The summed E-state index contributed by atoms with van der Waals surface area (Å²) in [5.41, 5.74) is -5.92. The number of alkyl halides is 6. The predicted octanol–water partition coefficient (Wildman–Crippen LogP) is 3.85. The zero-order valence-corrected chi connectivity index (χ0v) is 10.3. The SMILES string of the molecule is CCC(C)(C)OC(=O)C(C)(C(F)(F)F)C(F)(F)F. The van der Waals surface area contributed by atoms with Crippen molar-refractivity contribution in [2.75, 3.05) is 0 Å². The normalized spacial score (nSPS) is 14.6. The molecule has 0 radical (unpaired) electrons. The maximum absolute atomic E-state index is 12.5. The number of ether oxygens (including phenoxy) is 1. The summed E-state index contributed by atoms with van der Waals surface area (Å²) < 4.78 is 79.4. The molecule has 0 N–H and O–H groups in total. The van der Waals surface area contributed by atoms with Crippen LogP contribution in [-0.4, -0.2) is 23.9 Å². The van der Waals surface area contributed by atoms with E-state index < -0.39 is 29.3 Å². The Hall–Kier alpha value is -0.950. The standard InChI is InChI=1S/C10H14F6O2/c1-5-7(2,3)18-6(17)8(4,9(11,12)13)10(14,15)16/h5H2,1-4H3. The van der Waals surface area contributed by atoms with Crippen LogP contribution in [0.3, 0.4) is 0 Å². The number of rotatable bonds is 3. The molecule has 0 unspecified atom stereocenters. The van der Waals surface area contributed by atoms with Crippen LogP contribution in [0, 0.1) is 5.41 Å². The molecule has 0 fully saturated rings. The second-order valence-electron chi connectivity index (χ2n) is 4.62. The van der Waals surface area contributed by atoms with Crippen molar-refractivity contribution in [1.29, 1.82) is 0 Å². The lowest BCUT2D eigenvalue weighted by Gasteiger charge is -2.35. The Bertz CT molecular complexity index is 301. The summed E-state index contributed by atoms with van der Waals surface area (Å²) in [6, 6.07) is 0. The fourth-order valence-electron chi connectivity index (χ4n) is 0.817. The fourth-order valence-corrected chi connectivity index (χ4v) is 0.817. The Labute approximate surface area is 100 Å². The average Bonchev–Trinajstić information content (AvgIpc) is 2.12. The number of carbonyl (C=O) groups is 1. The van der Waals surface area contributed by atoms with Gasteiger partial charge in [0.2, 0.25) is 0 Å². The summed E-state index contributed by atoms with van der Waals surface area (Å²) in [5, 5.41) is 0. The lowest BCUT2D eigenvalue weighted by Crippen LogP contribution is -2.55. The number of halogens is 6. The molecular formula is C10H14F6O2. The first-order valence-electron chi connectivity index (χ1n) is 5.06. The van der Waals surface area contributed by atoms with Gasteiger partial charge >= 0.3 is 18.3 Å². The summed E-state index contributed by atoms with van der Waals surface area (Å²) in [7, 11) is 0. The van der Waals surface area contributed by atoms with Crippen LogP contribution in [0.2, 0.25) is 0 Å². The molecule has 18 heavy (non-hydrogen) atoms. The molecule has 0 heterocycles. The van der Waals surface area contributed by atoms with Gasteiger partial charge in [-0.3, -0.25) is 4.79 Å². The number of carbonyl (C=O) groups excluding carboxylic acids is 1. The van der Waals surface area contributed by atoms with Gasteiger partial charge in [-0.2, -0.15) is 26.3 Å². The van der Waals surface area contributed by atoms with Gasteiger partial charge in [-0.1, -0.05) is 6.92 Å². The van der Waals surface area contributed by atoms with E-state index in [2.05, 4.69) is 4.74 Å². The van der Waals surface area contributed by atoms with Gasteiger partial charge in [0.1, 0.15) is 5.60 Å². The molecule has 0 aromatic rings. The van der Waals surface area contributed by atoms with Gasteiger partial charge in [0.15, 0.2) is 0 Å². The molecular weight excluding hydrogens is 266 g/mol. The average molecular weight is 280 g/mol. The lowest BCUT2D eigenvalue weighted by atomic mass is 9.88. The molecule has 0 saturated carbocycles. The summed E-state index contributed by atoms with van der Waals surface area (Å²) in [6.45, 7) is 3.73. The topological polar surface area (TPSA) is 26.3 Å². The largest absolute Gasteiger partial charge is 0.459 e. The molecule has 0 atom stereocenters. The highest BCUT2D eigenvalue weighted by atomic mass is 19.4. The molecule has 0 amide bonds. The molecule has 2 nitrogen and oxygen atoms in total. The van der Waals surface area contributed by atoms with Crippen LogP contribution in [0.4, 0.5) is 26.3 Å². The zero-order valence-electron chi connectivity index (χ0n) is 10.3. The van der Waals surface area contributed by atoms with E-state index in [1.165, 1.54) is 20.8 Å². The minimum absolute atomic E-state index is 0.0878. The van der Waals surface area contributed by atoms with E-state index in [0.29, 0.717) is 0 Å². The van der Waals surface area contributed by atoms with Crippen LogP contribution >= 0.6 is 0 Å². The molecule has 0 aliphatic heterocycles. The Morgan fingerprint density at radius 1 is 0.944 bits per heavy atom. The Balaban J connectivity index is 5.47. The van der Waals surface area contributed by atoms with Crippen molar-refractivity contribution in [3.63, 3.8) is 0 Å². The third-order valence-corrected chi connectivity index (χ3v) is 2.76. The smallest absolute Gasteiger partial charge is 0.413 e. The minimum atomic E-state index is -5.77. The molecule has 0 aliphatic carbocycles. The summed E-state index contributed by atoms with van der Waals surface area (Å²) >= 11 is 0. The van der Waals surface area contributed by atoms with Crippen LogP contribution < -0.4 is 0 Å². The quantitative estimate of drug-likeness (QED) is 0.580. The van der Waals surface area contributed by atoms with Crippen molar-refractivity contribution >= 4 is 5.97 Å². The second kappa shape index (κ2) is 4.62. The summed E-state index contributed by atoms with van der Waals surface area (Å²) in [4.78, 5) is 11.3. The van der Waals surface area contributed by atoms with Crippen LogP contribution in [-0.2, 0) is 9.53 Å². The molecule has 0 aromatic carbocycles. The maximum atomic E-state index is 12.5. The van der Waals surface area contributed by atoms with E-state index in [-0.39, 0.29) is 13.3 Å². The van der Waals surface area contributed by atoms with Crippen LogP contribution in [0.5, 0.6) is 0 Å². The first-order chi connectivity index (χ1) is 7.69. The Morgan fingerprint density at radius 2 is 1.28 bits per heavy atom. The number of hydrogen-bond donors (Lipinski definition) is 0. The van der Waals surface area contributed by atoms with Crippen molar-refractivity contribution < 1.29 is 35.9 Å². The van der Waals surface area contributed by atoms with Gasteiger partial charge < -0.3 is 4.74 Å². The van der Waals surface area contributed by atoms with Crippen molar-refractivity contribution in [2.45, 2.75) is 52.1 Å². The predicted molar refractivity (Wildman–Crippen MR) is 50.7 cm³/mol. The second-order valence-corrected chi connectivity index (χ2v) is 4.62. The van der Waals surface area contributed by atoms with Gasteiger partial charge in [-0.25, -0.2) is 0 Å². The highest BCUT2D eigenvalue weighted by Gasteiger charge is 2.73. The third-order valence-electron chi connectivity index (χ3n) is 2.76. The third kappa shape index (κ3) is 3.08. The Kier molecular flexibility index (Phi) is 4.38. The summed E-state index contributed by atoms with van der Waals surface area (Å²) in [6.07, 6.45) is -11.5. The van der Waals surface area contributed by atoms with Crippen molar-refractivity contribution in [2.24, 2.45) is 5.41 Å². The molecule has 0 aromatic heterocycles. The maximum Gasteiger partial charge on any atom is 0.413 e. The van der Waals surface area contributed by atoms with Gasteiger partial charge in [0.25, 0.3) is 5.41 Å². The van der Waals surface area contributed by atoms with Gasteiger partial charge in [0.05, 0.1) is 0 Å². The van der Waals surface area contributed by atoms with Crippen molar-refractivity contribution in [3.8, 4) is 0 Å². The van der Waals surface area contributed by atoms with Crippen LogP contribution in [0.1, 0.15) is 34.1 Å². The fraction of sp³-hybridized carbons (Fsp3) is 0.900. The van der Waals surface area contributed by atoms with E-state index in [0.717, 1.165) is 0 Å². The van der Waals surface area contributed by atoms with Gasteiger partial charge in [-0.05, 0) is 27.2 Å². The molecule has 0 rings (SSSR count). The van der Waals surface area contributed by atoms with E-state index in [9.17, 15) is 31.1 Å². The monoisotopic (exact) mass is 280 g/mol. The first kappa shape index (κ1) is 17.1. The molecule has 8 heteroatoms. The highest BCUT2D eigenvalue weighted by molar-refractivity contribution is 5.79. The van der Waals surface area contributed by atoms with Crippen LogP contribution in [0.25, 0.3) is 0 Å². The summed E-state index contributed by atoms with van der Waals surface area (Å²) in [5.74, 6) is -2.34. The molecule has 0 bridgehead atoms. The molecule has 108 valence electrons. The number of hydrogen-bond acceptors (Lipinski definition) is 2. The molecule has 0 aliphatic rings. The van der Waals surface area contributed by atoms with E-state index in [1.54, 1.807) is 0 Å². The molecule has 0 saturated heterocycles.